The lowest BCUT2D eigenvalue weighted by atomic mass is 9.99. The minimum absolute atomic E-state index is 0.0381. The van der Waals surface area contributed by atoms with E-state index >= 15 is 0 Å². The summed E-state index contributed by atoms with van der Waals surface area (Å²) in [6.07, 6.45) is 0. The van der Waals surface area contributed by atoms with E-state index in [9.17, 15) is 4.79 Å². The number of fused-ring (bicyclic) bond motifs is 1. The number of ketones is 1. The van der Waals surface area contributed by atoms with Crippen LogP contribution in [0.5, 0.6) is 11.5 Å². The summed E-state index contributed by atoms with van der Waals surface area (Å²) in [6, 6.07) is 9.15. The molecule has 3 rings (SSSR count). The zero-order valence-corrected chi connectivity index (χ0v) is 14.5. The van der Waals surface area contributed by atoms with Gasteiger partial charge in [0.25, 0.3) is 0 Å². The van der Waals surface area contributed by atoms with Gasteiger partial charge in [0.1, 0.15) is 13.2 Å². The fourth-order valence-corrected chi connectivity index (χ4v) is 3.24. The molecule has 0 N–H and O–H groups in total. The van der Waals surface area contributed by atoms with Crippen molar-refractivity contribution in [3.63, 3.8) is 0 Å². The van der Waals surface area contributed by atoms with Crippen molar-refractivity contribution in [2.24, 2.45) is 0 Å². The highest BCUT2D eigenvalue weighted by molar-refractivity contribution is 9.10. The van der Waals surface area contributed by atoms with Crippen LogP contribution in [-0.2, 0) is 0 Å². The third kappa shape index (κ3) is 2.85. The third-order valence-corrected chi connectivity index (χ3v) is 4.46. The van der Waals surface area contributed by atoms with Gasteiger partial charge in [0.05, 0.1) is 0 Å². The van der Waals surface area contributed by atoms with Crippen molar-refractivity contribution in [1.82, 2.24) is 0 Å². The first-order valence-electron chi connectivity index (χ1n) is 6.46. The zero-order valence-electron chi connectivity index (χ0n) is 11.3. The number of hydrogen-bond donors (Lipinski definition) is 0. The van der Waals surface area contributed by atoms with Crippen molar-refractivity contribution < 1.29 is 14.3 Å². The Morgan fingerprint density at radius 2 is 1.67 bits per heavy atom. The first-order valence-corrected chi connectivity index (χ1v) is 8.05. The van der Waals surface area contributed by atoms with Crippen LogP contribution >= 0.6 is 31.9 Å². The van der Waals surface area contributed by atoms with Gasteiger partial charge < -0.3 is 9.47 Å². The Morgan fingerprint density at radius 1 is 1.00 bits per heavy atom. The van der Waals surface area contributed by atoms with Crippen LogP contribution in [0.4, 0.5) is 0 Å². The van der Waals surface area contributed by atoms with Crippen molar-refractivity contribution in [3.05, 3.63) is 56.0 Å². The molecular formula is C16H12Br2O3. The number of benzene rings is 2. The number of rotatable bonds is 2. The highest BCUT2D eigenvalue weighted by atomic mass is 79.9. The molecule has 0 amide bonds. The van der Waals surface area contributed by atoms with Crippen molar-refractivity contribution in [3.8, 4) is 11.5 Å². The Hall–Kier alpha value is -1.33. The number of carbonyl (C=O) groups is 1. The van der Waals surface area contributed by atoms with Crippen LogP contribution in [0.2, 0.25) is 0 Å². The molecule has 0 fully saturated rings. The summed E-state index contributed by atoms with van der Waals surface area (Å²) in [6.45, 7) is 2.95. The molecule has 0 saturated heterocycles. The summed E-state index contributed by atoms with van der Waals surface area (Å²) >= 11 is 6.85. The number of aryl methyl sites for hydroxylation is 1. The molecule has 0 unspecified atom stereocenters. The maximum absolute atomic E-state index is 12.7. The van der Waals surface area contributed by atoms with E-state index < -0.39 is 0 Å². The maximum atomic E-state index is 12.7. The molecule has 1 aliphatic heterocycles. The van der Waals surface area contributed by atoms with Gasteiger partial charge in [-0.25, -0.2) is 0 Å². The minimum atomic E-state index is -0.0381. The van der Waals surface area contributed by atoms with Gasteiger partial charge in [-0.3, -0.25) is 4.79 Å². The molecular weight excluding hydrogens is 400 g/mol. The zero-order chi connectivity index (χ0) is 15.0. The molecule has 0 spiro atoms. The van der Waals surface area contributed by atoms with E-state index in [0.29, 0.717) is 40.3 Å². The predicted molar refractivity (Wildman–Crippen MR) is 87.4 cm³/mol. The molecule has 0 radical (unpaired) electrons. The molecule has 0 atom stereocenters. The van der Waals surface area contributed by atoms with E-state index in [1.54, 1.807) is 12.1 Å². The Balaban J connectivity index is 2.05. The number of hydrogen-bond acceptors (Lipinski definition) is 3. The lowest BCUT2D eigenvalue weighted by Crippen LogP contribution is -2.16. The van der Waals surface area contributed by atoms with Crippen LogP contribution in [0.25, 0.3) is 0 Å². The van der Waals surface area contributed by atoms with E-state index in [1.165, 1.54) is 0 Å². The third-order valence-electron chi connectivity index (χ3n) is 3.31. The average molecular weight is 412 g/mol. The van der Waals surface area contributed by atoms with Crippen LogP contribution < -0.4 is 9.47 Å². The largest absolute Gasteiger partial charge is 0.486 e. The van der Waals surface area contributed by atoms with Crippen LogP contribution in [0.15, 0.2) is 39.3 Å². The van der Waals surface area contributed by atoms with Gasteiger partial charge >= 0.3 is 0 Å². The Kier molecular flexibility index (Phi) is 4.04. The Bertz CT molecular complexity index is 726. The molecule has 1 aliphatic rings. The normalized spacial score (nSPS) is 13.1. The summed E-state index contributed by atoms with van der Waals surface area (Å²) in [5.41, 5.74) is 2.18. The first-order chi connectivity index (χ1) is 10.1. The van der Waals surface area contributed by atoms with E-state index in [2.05, 4.69) is 31.9 Å². The van der Waals surface area contributed by atoms with Gasteiger partial charge in [-0.15, -0.1) is 0 Å². The second-order valence-corrected chi connectivity index (χ2v) is 6.53. The molecule has 21 heavy (non-hydrogen) atoms. The van der Waals surface area contributed by atoms with Gasteiger partial charge in [0.2, 0.25) is 0 Å². The van der Waals surface area contributed by atoms with E-state index in [1.807, 2.05) is 25.1 Å². The van der Waals surface area contributed by atoms with Crippen molar-refractivity contribution in [1.29, 1.82) is 0 Å². The first kappa shape index (κ1) is 14.6. The number of carbonyl (C=O) groups excluding carboxylic acids is 1. The summed E-state index contributed by atoms with van der Waals surface area (Å²) in [4.78, 5) is 12.7. The van der Waals surface area contributed by atoms with E-state index in [4.69, 9.17) is 9.47 Å². The molecule has 0 aliphatic carbocycles. The fraction of sp³-hybridized carbons (Fsp3) is 0.188. The lowest BCUT2D eigenvalue weighted by molar-refractivity contribution is 0.103. The molecule has 0 saturated carbocycles. The summed E-state index contributed by atoms with van der Waals surface area (Å²) in [5, 5.41) is 0. The van der Waals surface area contributed by atoms with Gasteiger partial charge in [-0.1, -0.05) is 15.9 Å². The predicted octanol–water partition coefficient (Wildman–Crippen LogP) is 4.52. The molecule has 1 heterocycles. The van der Waals surface area contributed by atoms with Crippen LogP contribution in [0, 0.1) is 6.92 Å². The second kappa shape index (κ2) is 5.81. The molecule has 108 valence electrons. The monoisotopic (exact) mass is 410 g/mol. The van der Waals surface area contributed by atoms with E-state index in [0.717, 1.165) is 10.0 Å². The highest BCUT2D eigenvalue weighted by Crippen LogP contribution is 2.36. The van der Waals surface area contributed by atoms with Crippen molar-refractivity contribution in [2.75, 3.05) is 13.2 Å². The maximum Gasteiger partial charge on any atom is 0.194 e. The standard InChI is InChI=1S/C16H12Br2O3/c1-9-6-10(17)2-3-11(9)16(19)12-7-14-15(8-13(12)18)21-5-4-20-14/h2-3,6-8H,4-5H2,1H3. The summed E-state index contributed by atoms with van der Waals surface area (Å²) in [7, 11) is 0. The van der Waals surface area contributed by atoms with Crippen LogP contribution in [0.1, 0.15) is 21.5 Å². The SMILES string of the molecule is Cc1cc(Br)ccc1C(=O)c1cc2c(cc1Br)OCCO2. The van der Waals surface area contributed by atoms with Gasteiger partial charge in [0, 0.05) is 20.1 Å². The molecule has 2 aromatic rings. The van der Waals surface area contributed by atoms with E-state index in [-0.39, 0.29) is 5.78 Å². The summed E-state index contributed by atoms with van der Waals surface area (Å²) < 4.78 is 12.7. The smallest absolute Gasteiger partial charge is 0.194 e. The molecule has 0 aromatic heterocycles. The van der Waals surface area contributed by atoms with Gasteiger partial charge in [-0.05, 0) is 58.7 Å². The second-order valence-electron chi connectivity index (χ2n) is 4.76. The van der Waals surface area contributed by atoms with Crippen molar-refractivity contribution >= 4 is 37.6 Å². The quantitative estimate of drug-likeness (QED) is 0.681. The molecule has 5 heteroatoms. The fourth-order valence-electron chi connectivity index (χ4n) is 2.26. The van der Waals surface area contributed by atoms with Crippen LogP contribution in [0.3, 0.4) is 0 Å². The average Bonchev–Trinajstić information content (AvgIpc) is 2.46. The topological polar surface area (TPSA) is 35.5 Å². The lowest BCUT2D eigenvalue weighted by Gasteiger charge is -2.19. The molecule has 2 aromatic carbocycles. The Labute approximate surface area is 139 Å². The molecule has 0 bridgehead atoms. The highest BCUT2D eigenvalue weighted by Gasteiger charge is 2.20. The number of ether oxygens (including phenoxy) is 2. The molecule has 3 nitrogen and oxygen atoms in total. The van der Waals surface area contributed by atoms with Crippen LogP contribution in [-0.4, -0.2) is 19.0 Å². The van der Waals surface area contributed by atoms with Crippen molar-refractivity contribution in [2.45, 2.75) is 6.92 Å². The summed E-state index contributed by atoms with van der Waals surface area (Å²) in [5.74, 6) is 1.24. The number of halogens is 2. The van der Waals surface area contributed by atoms with Gasteiger partial charge in [0.15, 0.2) is 17.3 Å². The van der Waals surface area contributed by atoms with Gasteiger partial charge in [-0.2, -0.15) is 0 Å². The Morgan fingerprint density at radius 3 is 2.33 bits per heavy atom. The minimum Gasteiger partial charge on any atom is -0.486 e.